The molecule has 0 aliphatic heterocycles. The fourth-order valence-electron chi connectivity index (χ4n) is 1.61. The minimum atomic E-state index is -1.07. The van der Waals surface area contributed by atoms with Crippen molar-refractivity contribution in [3.8, 4) is 11.8 Å². The lowest BCUT2D eigenvalue weighted by Gasteiger charge is -2.14. The average molecular weight is 276 g/mol. The molecule has 1 amide bonds. The number of nitrogens with one attached hydrogen (secondary N) is 1. The number of carboxylic acid groups (broad SMARTS) is 1. The molecule has 106 valence electrons. The molecular formula is C14H16N2O4. The van der Waals surface area contributed by atoms with Gasteiger partial charge in [0, 0.05) is 0 Å². The maximum Gasteiger partial charge on any atom is 0.326 e. The predicted molar refractivity (Wildman–Crippen MR) is 71.1 cm³/mol. The molecule has 0 aliphatic rings. The van der Waals surface area contributed by atoms with Gasteiger partial charge in [-0.3, -0.25) is 4.79 Å². The number of benzene rings is 1. The van der Waals surface area contributed by atoms with Crippen molar-refractivity contribution in [3.63, 3.8) is 0 Å². The van der Waals surface area contributed by atoms with Crippen LogP contribution in [0.5, 0.6) is 5.75 Å². The second-order valence-corrected chi connectivity index (χ2v) is 4.14. The molecule has 1 unspecified atom stereocenters. The van der Waals surface area contributed by atoms with Gasteiger partial charge in [0.2, 0.25) is 0 Å². The zero-order valence-electron chi connectivity index (χ0n) is 11.1. The first-order valence-corrected chi connectivity index (χ1v) is 6.22. The first-order valence-electron chi connectivity index (χ1n) is 6.22. The average Bonchev–Trinajstić information content (AvgIpc) is 2.44. The number of carbonyl (C=O) groups excluding carboxylic acids is 1. The zero-order chi connectivity index (χ0) is 15.0. The van der Waals surface area contributed by atoms with Gasteiger partial charge in [0.25, 0.3) is 5.91 Å². The Morgan fingerprint density at radius 2 is 2.15 bits per heavy atom. The van der Waals surface area contributed by atoms with E-state index in [1.54, 1.807) is 24.3 Å². The van der Waals surface area contributed by atoms with Crippen molar-refractivity contribution in [1.82, 2.24) is 5.32 Å². The lowest BCUT2D eigenvalue weighted by atomic mass is 10.2. The lowest BCUT2D eigenvalue weighted by molar-refractivity contribution is -0.142. The molecule has 20 heavy (non-hydrogen) atoms. The first-order chi connectivity index (χ1) is 9.58. The molecule has 0 aliphatic carbocycles. The Bertz CT molecular complexity index is 522. The minimum Gasteiger partial charge on any atom is -0.482 e. The van der Waals surface area contributed by atoms with Crippen LogP contribution >= 0.6 is 0 Å². The summed E-state index contributed by atoms with van der Waals surface area (Å²) < 4.78 is 5.22. The van der Waals surface area contributed by atoms with E-state index in [0.29, 0.717) is 24.2 Å². The number of hydrogen-bond donors (Lipinski definition) is 2. The van der Waals surface area contributed by atoms with E-state index in [4.69, 9.17) is 15.1 Å². The van der Waals surface area contributed by atoms with Gasteiger partial charge >= 0.3 is 5.97 Å². The number of carbonyl (C=O) groups is 2. The summed E-state index contributed by atoms with van der Waals surface area (Å²) in [4.78, 5) is 22.5. The van der Waals surface area contributed by atoms with Crippen LogP contribution in [0.2, 0.25) is 0 Å². The summed E-state index contributed by atoms with van der Waals surface area (Å²) in [6.07, 6.45) is 1.01. The van der Waals surface area contributed by atoms with Crippen molar-refractivity contribution in [2.75, 3.05) is 6.61 Å². The smallest absolute Gasteiger partial charge is 0.326 e. The van der Waals surface area contributed by atoms with Crippen molar-refractivity contribution in [1.29, 1.82) is 5.26 Å². The van der Waals surface area contributed by atoms with Gasteiger partial charge < -0.3 is 15.2 Å². The Kier molecular flexibility index (Phi) is 6.04. The van der Waals surface area contributed by atoms with E-state index in [1.807, 2.05) is 13.0 Å². The maximum absolute atomic E-state index is 11.6. The van der Waals surface area contributed by atoms with Gasteiger partial charge in [-0.2, -0.15) is 5.26 Å². The summed E-state index contributed by atoms with van der Waals surface area (Å²) in [6.45, 7) is 1.51. The highest BCUT2D eigenvalue weighted by molar-refractivity contribution is 5.84. The van der Waals surface area contributed by atoms with Gasteiger partial charge in [0.1, 0.15) is 17.9 Å². The van der Waals surface area contributed by atoms with Crippen LogP contribution in [-0.2, 0) is 9.59 Å². The van der Waals surface area contributed by atoms with Crippen molar-refractivity contribution in [2.45, 2.75) is 25.8 Å². The van der Waals surface area contributed by atoms with Crippen molar-refractivity contribution >= 4 is 11.9 Å². The molecule has 0 heterocycles. The quantitative estimate of drug-likeness (QED) is 0.782. The van der Waals surface area contributed by atoms with E-state index in [-0.39, 0.29) is 6.61 Å². The third-order valence-corrected chi connectivity index (χ3v) is 2.58. The number of ether oxygens (including phenoxy) is 1. The Morgan fingerprint density at radius 3 is 2.75 bits per heavy atom. The van der Waals surface area contributed by atoms with Crippen LogP contribution in [0, 0.1) is 11.3 Å². The highest BCUT2D eigenvalue weighted by Gasteiger charge is 2.19. The summed E-state index contributed by atoms with van der Waals surface area (Å²) in [5.74, 6) is -1.30. The molecule has 0 radical (unpaired) electrons. The minimum absolute atomic E-state index is 0.299. The Hall–Kier alpha value is -2.55. The van der Waals surface area contributed by atoms with Gasteiger partial charge in [0.15, 0.2) is 6.61 Å². The zero-order valence-corrected chi connectivity index (χ0v) is 11.1. The topological polar surface area (TPSA) is 99.4 Å². The standard InChI is InChI=1S/C14H16N2O4/c1-2-5-11(14(18)19)16-13(17)9-20-12-7-4-3-6-10(12)8-15/h3-4,6-7,11H,2,5,9H2,1H3,(H,16,17)(H,18,19). The van der Waals surface area contributed by atoms with Gasteiger partial charge in [-0.05, 0) is 18.6 Å². The first kappa shape index (κ1) is 15.5. The second-order valence-electron chi connectivity index (χ2n) is 4.14. The SMILES string of the molecule is CCCC(NC(=O)COc1ccccc1C#N)C(=O)O. The van der Waals surface area contributed by atoms with Crippen molar-refractivity contribution < 1.29 is 19.4 Å². The second kappa shape index (κ2) is 7.79. The number of hydrogen-bond acceptors (Lipinski definition) is 4. The molecule has 2 N–H and O–H groups in total. The molecule has 6 heteroatoms. The van der Waals surface area contributed by atoms with E-state index in [9.17, 15) is 9.59 Å². The summed E-state index contributed by atoms with van der Waals surface area (Å²) in [5.41, 5.74) is 0.323. The van der Waals surface area contributed by atoms with E-state index >= 15 is 0 Å². The number of nitriles is 1. The lowest BCUT2D eigenvalue weighted by Crippen LogP contribution is -2.42. The molecule has 0 aromatic heterocycles. The predicted octanol–water partition coefficient (Wildman–Crippen LogP) is 1.31. The Balaban J connectivity index is 2.55. The van der Waals surface area contributed by atoms with Crippen LogP contribution < -0.4 is 10.1 Å². The monoisotopic (exact) mass is 276 g/mol. The van der Waals surface area contributed by atoms with Crippen LogP contribution in [0.15, 0.2) is 24.3 Å². The molecule has 0 fully saturated rings. The number of carboxylic acids is 1. The Labute approximate surface area is 117 Å². The molecule has 1 atom stereocenters. The fraction of sp³-hybridized carbons (Fsp3) is 0.357. The fourth-order valence-corrected chi connectivity index (χ4v) is 1.61. The third kappa shape index (κ3) is 4.61. The summed E-state index contributed by atoms with van der Waals surface area (Å²) in [6, 6.07) is 7.56. The van der Waals surface area contributed by atoms with E-state index < -0.39 is 17.9 Å². The van der Waals surface area contributed by atoms with E-state index in [2.05, 4.69) is 5.32 Å². The summed E-state index contributed by atoms with van der Waals surface area (Å²) >= 11 is 0. The van der Waals surface area contributed by atoms with Crippen LogP contribution in [-0.4, -0.2) is 29.6 Å². The highest BCUT2D eigenvalue weighted by Crippen LogP contribution is 2.16. The summed E-state index contributed by atoms with van der Waals surface area (Å²) in [5, 5.41) is 20.2. The van der Waals surface area contributed by atoms with Crippen LogP contribution in [0.3, 0.4) is 0 Å². The molecule has 0 spiro atoms. The largest absolute Gasteiger partial charge is 0.482 e. The Morgan fingerprint density at radius 1 is 1.45 bits per heavy atom. The highest BCUT2D eigenvalue weighted by atomic mass is 16.5. The third-order valence-electron chi connectivity index (χ3n) is 2.58. The van der Waals surface area contributed by atoms with Crippen molar-refractivity contribution in [2.24, 2.45) is 0 Å². The number of rotatable bonds is 7. The number of para-hydroxylation sites is 1. The molecule has 1 aromatic carbocycles. The number of nitrogens with zero attached hydrogens (tertiary/aromatic N) is 1. The van der Waals surface area contributed by atoms with Gasteiger partial charge in [-0.15, -0.1) is 0 Å². The molecule has 1 rings (SSSR count). The molecule has 0 saturated heterocycles. The normalized spacial score (nSPS) is 11.2. The van der Waals surface area contributed by atoms with Crippen molar-refractivity contribution in [3.05, 3.63) is 29.8 Å². The molecular weight excluding hydrogens is 260 g/mol. The number of amides is 1. The maximum atomic E-state index is 11.6. The summed E-state index contributed by atoms with van der Waals surface area (Å²) in [7, 11) is 0. The molecule has 0 saturated carbocycles. The van der Waals surface area contributed by atoms with E-state index in [0.717, 1.165) is 0 Å². The van der Waals surface area contributed by atoms with E-state index in [1.165, 1.54) is 0 Å². The number of aliphatic carboxylic acids is 1. The van der Waals surface area contributed by atoms with Gasteiger partial charge in [-0.1, -0.05) is 25.5 Å². The van der Waals surface area contributed by atoms with Crippen LogP contribution in [0.1, 0.15) is 25.3 Å². The molecule has 6 nitrogen and oxygen atoms in total. The van der Waals surface area contributed by atoms with Crippen LogP contribution in [0.4, 0.5) is 0 Å². The van der Waals surface area contributed by atoms with Crippen LogP contribution in [0.25, 0.3) is 0 Å². The molecule has 1 aromatic rings. The van der Waals surface area contributed by atoms with Gasteiger partial charge in [-0.25, -0.2) is 4.79 Å². The molecule has 0 bridgehead atoms. The van der Waals surface area contributed by atoms with Gasteiger partial charge in [0.05, 0.1) is 5.56 Å².